The number of aryl methyl sites for hydroxylation is 1. The van der Waals surface area contributed by atoms with Crippen LogP contribution in [-0.4, -0.2) is 11.5 Å². The zero-order chi connectivity index (χ0) is 10.8. The number of nitrogens with two attached hydrogens (primary N) is 1. The number of nitrogens with zero attached hydrogens (tertiary/aromatic N) is 1. The van der Waals surface area contributed by atoms with Crippen LogP contribution >= 0.6 is 0 Å². The molecular weight excluding hydrogens is 188 g/mol. The highest BCUT2D eigenvalue weighted by molar-refractivity contribution is 5.14. The average Bonchev–Trinajstić information content (AvgIpc) is 2.57. The lowest BCUT2D eigenvalue weighted by Crippen LogP contribution is -2.21. The van der Waals surface area contributed by atoms with Gasteiger partial charge in [0.15, 0.2) is 5.89 Å². The summed E-state index contributed by atoms with van der Waals surface area (Å²) in [6, 6.07) is 0. The Morgan fingerprint density at radius 1 is 1.53 bits per heavy atom. The zero-order valence-corrected chi connectivity index (χ0v) is 9.62. The Balaban J connectivity index is 2.11. The number of hydrogen-bond donors (Lipinski definition) is 1. The highest BCUT2D eigenvalue weighted by atomic mass is 16.4. The van der Waals surface area contributed by atoms with Crippen molar-refractivity contribution in [2.75, 3.05) is 6.54 Å². The van der Waals surface area contributed by atoms with Crippen LogP contribution in [0.15, 0.2) is 4.42 Å². The second-order valence-electron chi connectivity index (χ2n) is 4.92. The highest BCUT2D eigenvalue weighted by Crippen LogP contribution is 2.26. The predicted octanol–water partition coefficient (Wildman–Crippen LogP) is 1.94. The third kappa shape index (κ3) is 2.40. The fourth-order valence-corrected chi connectivity index (χ4v) is 2.13. The Morgan fingerprint density at radius 2 is 2.33 bits per heavy atom. The maximum absolute atomic E-state index is 5.78. The Morgan fingerprint density at radius 3 is 3.00 bits per heavy atom. The van der Waals surface area contributed by atoms with Gasteiger partial charge in [0.05, 0.1) is 5.69 Å². The highest BCUT2D eigenvalue weighted by Gasteiger charge is 2.23. The van der Waals surface area contributed by atoms with Gasteiger partial charge in [0, 0.05) is 12.8 Å². The van der Waals surface area contributed by atoms with E-state index in [0.29, 0.717) is 11.8 Å². The van der Waals surface area contributed by atoms with Crippen LogP contribution in [0.25, 0.3) is 0 Å². The molecule has 0 spiro atoms. The lowest BCUT2D eigenvalue weighted by atomic mass is 9.91. The van der Waals surface area contributed by atoms with Gasteiger partial charge in [0.25, 0.3) is 0 Å². The summed E-state index contributed by atoms with van der Waals surface area (Å²) in [4.78, 5) is 4.55. The van der Waals surface area contributed by atoms with Crippen molar-refractivity contribution in [2.45, 2.75) is 39.5 Å². The molecule has 1 heterocycles. The van der Waals surface area contributed by atoms with Gasteiger partial charge in [-0.05, 0) is 31.2 Å². The minimum absolute atomic E-state index is 0.595. The number of hydrogen-bond acceptors (Lipinski definition) is 3. The normalized spacial score (nSPS) is 20.7. The smallest absolute Gasteiger partial charge is 0.194 e. The Bertz CT molecular complexity index is 330. The van der Waals surface area contributed by atoms with E-state index in [1.54, 1.807) is 0 Å². The molecule has 2 N–H and O–H groups in total. The molecule has 0 aromatic carbocycles. The zero-order valence-electron chi connectivity index (χ0n) is 9.62. The van der Waals surface area contributed by atoms with E-state index >= 15 is 0 Å². The molecule has 0 aliphatic heterocycles. The molecular formula is C12H20N2O. The Hall–Kier alpha value is -0.830. The van der Waals surface area contributed by atoms with Crippen molar-refractivity contribution in [3.63, 3.8) is 0 Å². The van der Waals surface area contributed by atoms with Crippen molar-refractivity contribution in [2.24, 2.45) is 17.6 Å². The van der Waals surface area contributed by atoms with Crippen LogP contribution in [0.1, 0.15) is 37.6 Å². The summed E-state index contributed by atoms with van der Waals surface area (Å²) in [5.74, 6) is 3.20. The quantitative estimate of drug-likeness (QED) is 0.825. The SMILES string of the molecule is CC(C)Cc1nc2c(o1)CC(CN)CC2. The lowest BCUT2D eigenvalue weighted by molar-refractivity contribution is 0.375. The van der Waals surface area contributed by atoms with Gasteiger partial charge >= 0.3 is 0 Å². The van der Waals surface area contributed by atoms with Crippen molar-refractivity contribution < 1.29 is 4.42 Å². The molecule has 1 aliphatic rings. The Labute approximate surface area is 91.1 Å². The summed E-state index contributed by atoms with van der Waals surface area (Å²) >= 11 is 0. The van der Waals surface area contributed by atoms with E-state index in [-0.39, 0.29) is 0 Å². The molecule has 2 rings (SSSR count). The van der Waals surface area contributed by atoms with E-state index in [4.69, 9.17) is 10.2 Å². The standard InChI is InChI=1S/C12H20N2O/c1-8(2)5-12-14-10-4-3-9(7-13)6-11(10)15-12/h8-9H,3-7,13H2,1-2H3. The van der Waals surface area contributed by atoms with Gasteiger partial charge in [-0.2, -0.15) is 0 Å². The van der Waals surface area contributed by atoms with Crippen molar-refractivity contribution >= 4 is 0 Å². The third-order valence-corrected chi connectivity index (χ3v) is 3.00. The van der Waals surface area contributed by atoms with Gasteiger partial charge in [-0.3, -0.25) is 0 Å². The molecule has 1 aromatic rings. The molecule has 1 atom stereocenters. The molecule has 0 bridgehead atoms. The molecule has 1 aromatic heterocycles. The fraction of sp³-hybridized carbons (Fsp3) is 0.750. The van der Waals surface area contributed by atoms with Crippen LogP contribution in [0.5, 0.6) is 0 Å². The van der Waals surface area contributed by atoms with Crippen LogP contribution < -0.4 is 5.73 Å². The molecule has 3 nitrogen and oxygen atoms in total. The maximum Gasteiger partial charge on any atom is 0.194 e. The predicted molar refractivity (Wildman–Crippen MR) is 59.6 cm³/mol. The lowest BCUT2D eigenvalue weighted by Gasteiger charge is -2.17. The summed E-state index contributed by atoms with van der Waals surface area (Å²) < 4.78 is 5.78. The van der Waals surface area contributed by atoms with E-state index in [1.807, 2.05) is 0 Å². The van der Waals surface area contributed by atoms with Gasteiger partial charge in [-0.25, -0.2) is 4.98 Å². The minimum atomic E-state index is 0.595. The second kappa shape index (κ2) is 4.35. The van der Waals surface area contributed by atoms with Gasteiger partial charge in [-0.1, -0.05) is 13.8 Å². The van der Waals surface area contributed by atoms with Crippen molar-refractivity contribution in [3.05, 3.63) is 17.3 Å². The first-order chi connectivity index (χ1) is 7.19. The van der Waals surface area contributed by atoms with Gasteiger partial charge < -0.3 is 10.2 Å². The molecule has 0 fully saturated rings. The Kier molecular flexibility index (Phi) is 3.10. The molecule has 0 saturated carbocycles. The minimum Gasteiger partial charge on any atom is -0.445 e. The van der Waals surface area contributed by atoms with Crippen LogP contribution in [0, 0.1) is 11.8 Å². The van der Waals surface area contributed by atoms with Crippen LogP contribution in [0.2, 0.25) is 0 Å². The first kappa shape index (κ1) is 10.7. The summed E-state index contributed by atoms with van der Waals surface area (Å²) in [5.41, 5.74) is 6.86. The number of aromatic nitrogens is 1. The fourth-order valence-electron chi connectivity index (χ4n) is 2.13. The number of oxazole rings is 1. The molecule has 15 heavy (non-hydrogen) atoms. The monoisotopic (exact) mass is 208 g/mol. The molecule has 0 radical (unpaired) electrons. The summed E-state index contributed by atoms with van der Waals surface area (Å²) in [7, 11) is 0. The van der Waals surface area contributed by atoms with Crippen LogP contribution in [0.4, 0.5) is 0 Å². The van der Waals surface area contributed by atoms with Gasteiger partial charge in [0.2, 0.25) is 0 Å². The van der Waals surface area contributed by atoms with E-state index < -0.39 is 0 Å². The van der Waals surface area contributed by atoms with E-state index in [1.165, 1.54) is 5.69 Å². The van der Waals surface area contributed by atoms with E-state index in [9.17, 15) is 0 Å². The van der Waals surface area contributed by atoms with Crippen LogP contribution in [-0.2, 0) is 19.3 Å². The summed E-state index contributed by atoms with van der Waals surface area (Å²) in [6.45, 7) is 5.14. The number of fused-ring (bicyclic) bond motifs is 1. The molecule has 0 amide bonds. The average molecular weight is 208 g/mol. The van der Waals surface area contributed by atoms with Crippen molar-refractivity contribution in [3.8, 4) is 0 Å². The molecule has 3 heteroatoms. The first-order valence-electron chi connectivity index (χ1n) is 5.86. The second-order valence-corrected chi connectivity index (χ2v) is 4.92. The summed E-state index contributed by atoms with van der Waals surface area (Å²) in [6.07, 6.45) is 4.13. The summed E-state index contributed by atoms with van der Waals surface area (Å²) in [5, 5.41) is 0. The molecule has 84 valence electrons. The van der Waals surface area contributed by atoms with E-state index in [0.717, 1.165) is 43.9 Å². The topological polar surface area (TPSA) is 52.0 Å². The van der Waals surface area contributed by atoms with Gasteiger partial charge in [0.1, 0.15) is 5.76 Å². The van der Waals surface area contributed by atoms with Crippen molar-refractivity contribution in [1.29, 1.82) is 0 Å². The van der Waals surface area contributed by atoms with E-state index in [2.05, 4.69) is 18.8 Å². The van der Waals surface area contributed by atoms with Crippen LogP contribution in [0.3, 0.4) is 0 Å². The molecule has 0 saturated heterocycles. The molecule has 1 aliphatic carbocycles. The first-order valence-corrected chi connectivity index (χ1v) is 5.86. The third-order valence-electron chi connectivity index (χ3n) is 3.00. The largest absolute Gasteiger partial charge is 0.445 e. The number of rotatable bonds is 3. The van der Waals surface area contributed by atoms with Gasteiger partial charge in [-0.15, -0.1) is 0 Å². The molecule has 1 unspecified atom stereocenters. The maximum atomic E-state index is 5.78. The van der Waals surface area contributed by atoms with Crippen molar-refractivity contribution in [1.82, 2.24) is 4.98 Å².